The number of aromatic nitrogens is 2. The van der Waals surface area contributed by atoms with Crippen molar-refractivity contribution in [3.8, 4) is 0 Å². The summed E-state index contributed by atoms with van der Waals surface area (Å²) < 4.78 is 1.89. The van der Waals surface area contributed by atoms with Gasteiger partial charge >= 0.3 is 0 Å². The van der Waals surface area contributed by atoms with Crippen LogP contribution in [0.15, 0.2) is 35.7 Å². The van der Waals surface area contributed by atoms with Gasteiger partial charge in [0.15, 0.2) is 0 Å². The number of rotatable bonds is 5. The lowest BCUT2D eigenvalue weighted by Crippen LogP contribution is -2.48. The Morgan fingerprint density at radius 1 is 1.07 bits per heavy atom. The van der Waals surface area contributed by atoms with E-state index in [1.54, 1.807) is 0 Å². The van der Waals surface area contributed by atoms with E-state index in [0.29, 0.717) is 11.6 Å². The number of hydrogen-bond acceptors (Lipinski definition) is 4. The molecule has 8 heteroatoms. The molecule has 1 saturated heterocycles. The summed E-state index contributed by atoms with van der Waals surface area (Å²) >= 11 is 13.8. The first-order chi connectivity index (χ1) is 14.4. The van der Waals surface area contributed by atoms with Crippen molar-refractivity contribution >= 4 is 40.4 Å². The van der Waals surface area contributed by atoms with Crippen LogP contribution in [0.3, 0.4) is 0 Å². The number of aryl methyl sites for hydroxylation is 1. The molecule has 4 rings (SSSR count). The van der Waals surface area contributed by atoms with E-state index in [9.17, 15) is 4.79 Å². The van der Waals surface area contributed by atoms with Crippen LogP contribution in [-0.4, -0.2) is 51.7 Å². The molecule has 5 nitrogen and oxygen atoms in total. The van der Waals surface area contributed by atoms with Crippen LogP contribution < -0.4 is 0 Å². The summed E-state index contributed by atoms with van der Waals surface area (Å²) in [6.07, 6.45) is 0. The minimum Gasteiger partial charge on any atom is -0.335 e. The summed E-state index contributed by atoms with van der Waals surface area (Å²) in [7, 11) is 0. The first-order valence-corrected chi connectivity index (χ1v) is 11.6. The quantitative estimate of drug-likeness (QED) is 0.542. The van der Waals surface area contributed by atoms with Gasteiger partial charge in [0.05, 0.1) is 27.8 Å². The summed E-state index contributed by atoms with van der Waals surface area (Å²) in [5, 5.41) is 7.98. The van der Waals surface area contributed by atoms with Crippen LogP contribution >= 0.6 is 34.5 Å². The third kappa shape index (κ3) is 4.72. The molecule has 30 heavy (non-hydrogen) atoms. The standard InChI is InChI=1S/C22H24Cl2N4OS/c1-15-21(24)16(2)28(25-15)13-18-11-20(30-14-18)22(29)27-8-6-26(7-9-27)12-17-4-3-5-19(23)10-17/h3-5,10-11,14H,6-9,12-13H2,1-2H3. The Kier molecular flexibility index (Phi) is 6.48. The first-order valence-electron chi connectivity index (χ1n) is 9.93. The molecule has 0 bridgehead atoms. The SMILES string of the molecule is Cc1nn(Cc2csc(C(=O)N3CCN(Cc4cccc(Cl)c4)CC3)c2)c(C)c1Cl. The van der Waals surface area contributed by atoms with Crippen LogP contribution in [0.1, 0.15) is 32.2 Å². The molecule has 1 aromatic carbocycles. The molecular weight excluding hydrogens is 439 g/mol. The van der Waals surface area contributed by atoms with Crippen molar-refractivity contribution in [3.63, 3.8) is 0 Å². The predicted octanol–water partition coefficient (Wildman–Crippen LogP) is 4.87. The van der Waals surface area contributed by atoms with E-state index in [-0.39, 0.29) is 5.91 Å². The van der Waals surface area contributed by atoms with E-state index in [0.717, 1.165) is 59.6 Å². The van der Waals surface area contributed by atoms with Crippen molar-refractivity contribution in [1.29, 1.82) is 0 Å². The molecule has 0 atom stereocenters. The average Bonchev–Trinajstić information content (AvgIpc) is 3.29. The number of carbonyl (C=O) groups is 1. The molecule has 0 spiro atoms. The highest BCUT2D eigenvalue weighted by atomic mass is 35.5. The van der Waals surface area contributed by atoms with Gasteiger partial charge in [-0.2, -0.15) is 5.10 Å². The highest BCUT2D eigenvalue weighted by Crippen LogP contribution is 2.23. The number of thiophene rings is 1. The fraction of sp³-hybridized carbons (Fsp3) is 0.364. The topological polar surface area (TPSA) is 41.4 Å². The fourth-order valence-electron chi connectivity index (χ4n) is 3.73. The molecule has 1 fully saturated rings. The van der Waals surface area contributed by atoms with Gasteiger partial charge in [-0.3, -0.25) is 14.4 Å². The average molecular weight is 463 g/mol. The molecule has 0 N–H and O–H groups in total. The van der Waals surface area contributed by atoms with Crippen LogP contribution in [0.2, 0.25) is 10.0 Å². The van der Waals surface area contributed by atoms with Crippen LogP contribution in [0.4, 0.5) is 0 Å². The first kappa shape index (κ1) is 21.4. The second-order valence-corrected chi connectivity index (χ2v) is 9.39. The molecule has 0 saturated carbocycles. The number of piperazine rings is 1. The molecule has 1 aliphatic rings. The van der Waals surface area contributed by atoms with Crippen molar-refractivity contribution in [1.82, 2.24) is 19.6 Å². The lowest BCUT2D eigenvalue weighted by Gasteiger charge is -2.34. The lowest BCUT2D eigenvalue weighted by molar-refractivity contribution is 0.0633. The summed E-state index contributed by atoms with van der Waals surface area (Å²) in [4.78, 5) is 18.0. The van der Waals surface area contributed by atoms with E-state index >= 15 is 0 Å². The van der Waals surface area contributed by atoms with E-state index in [1.165, 1.54) is 16.9 Å². The number of benzene rings is 1. The minimum absolute atomic E-state index is 0.111. The Hall–Kier alpha value is -1.86. The summed E-state index contributed by atoms with van der Waals surface area (Å²) in [5.74, 6) is 0.111. The predicted molar refractivity (Wildman–Crippen MR) is 123 cm³/mol. The molecule has 158 valence electrons. The van der Waals surface area contributed by atoms with E-state index < -0.39 is 0 Å². The van der Waals surface area contributed by atoms with Crippen molar-refractivity contribution in [3.05, 3.63) is 73.1 Å². The number of halogens is 2. The molecule has 3 aromatic rings. The summed E-state index contributed by atoms with van der Waals surface area (Å²) in [6.45, 7) is 8.54. The normalized spacial score (nSPS) is 15.0. The van der Waals surface area contributed by atoms with Crippen molar-refractivity contribution < 1.29 is 4.79 Å². The van der Waals surface area contributed by atoms with Gasteiger partial charge in [-0.1, -0.05) is 35.3 Å². The Morgan fingerprint density at radius 2 is 1.83 bits per heavy atom. The highest BCUT2D eigenvalue weighted by molar-refractivity contribution is 7.12. The third-order valence-electron chi connectivity index (χ3n) is 5.44. The zero-order valence-electron chi connectivity index (χ0n) is 17.1. The van der Waals surface area contributed by atoms with Gasteiger partial charge in [0.25, 0.3) is 5.91 Å². The summed E-state index contributed by atoms with van der Waals surface area (Å²) in [5.41, 5.74) is 4.06. The highest BCUT2D eigenvalue weighted by Gasteiger charge is 2.23. The van der Waals surface area contributed by atoms with E-state index in [2.05, 4.69) is 16.1 Å². The Balaban J connectivity index is 1.34. The van der Waals surface area contributed by atoms with Gasteiger partial charge in [-0.25, -0.2) is 0 Å². The molecular formula is C22H24Cl2N4OS. The number of nitrogens with zero attached hydrogens (tertiary/aromatic N) is 4. The minimum atomic E-state index is 0.111. The maximum absolute atomic E-state index is 13.0. The van der Waals surface area contributed by atoms with Gasteiger partial charge in [-0.05, 0) is 48.6 Å². The second-order valence-electron chi connectivity index (χ2n) is 7.66. The smallest absolute Gasteiger partial charge is 0.264 e. The molecule has 1 aliphatic heterocycles. The van der Waals surface area contributed by atoms with Gasteiger partial charge in [0.2, 0.25) is 0 Å². The third-order valence-corrected chi connectivity index (χ3v) is 7.19. The van der Waals surface area contributed by atoms with Gasteiger partial charge < -0.3 is 4.90 Å². The largest absolute Gasteiger partial charge is 0.335 e. The molecule has 1 amide bonds. The van der Waals surface area contributed by atoms with Crippen molar-refractivity contribution in [2.24, 2.45) is 0 Å². The monoisotopic (exact) mass is 462 g/mol. The molecule has 0 radical (unpaired) electrons. The Bertz CT molecular complexity index is 1050. The lowest BCUT2D eigenvalue weighted by atomic mass is 10.2. The van der Waals surface area contributed by atoms with Crippen LogP contribution in [0.5, 0.6) is 0 Å². The number of hydrogen-bond donors (Lipinski definition) is 0. The number of amides is 1. The maximum atomic E-state index is 13.0. The second kappa shape index (κ2) is 9.10. The van der Waals surface area contributed by atoms with Crippen LogP contribution in [0.25, 0.3) is 0 Å². The molecule has 2 aromatic heterocycles. The molecule has 3 heterocycles. The van der Waals surface area contributed by atoms with Crippen molar-refractivity contribution in [2.75, 3.05) is 26.2 Å². The zero-order valence-corrected chi connectivity index (χ0v) is 19.4. The molecule has 0 aliphatic carbocycles. The van der Waals surface area contributed by atoms with Gasteiger partial charge in [0.1, 0.15) is 0 Å². The summed E-state index contributed by atoms with van der Waals surface area (Å²) in [6, 6.07) is 9.94. The van der Waals surface area contributed by atoms with Crippen LogP contribution in [-0.2, 0) is 13.1 Å². The van der Waals surface area contributed by atoms with Crippen molar-refractivity contribution in [2.45, 2.75) is 26.9 Å². The Morgan fingerprint density at radius 3 is 2.50 bits per heavy atom. The van der Waals surface area contributed by atoms with Crippen LogP contribution in [0, 0.1) is 13.8 Å². The fourth-order valence-corrected chi connectivity index (χ4v) is 4.95. The molecule has 0 unspecified atom stereocenters. The van der Waals surface area contributed by atoms with Gasteiger partial charge in [-0.15, -0.1) is 11.3 Å². The van der Waals surface area contributed by atoms with E-state index in [4.69, 9.17) is 23.2 Å². The van der Waals surface area contributed by atoms with Gasteiger partial charge in [0, 0.05) is 37.7 Å². The van der Waals surface area contributed by atoms with E-state index in [1.807, 2.05) is 53.1 Å². The maximum Gasteiger partial charge on any atom is 0.264 e. The number of carbonyl (C=O) groups excluding carboxylic acids is 1. The Labute approximate surface area is 190 Å². The zero-order chi connectivity index (χ0) is 21.3.